The summed E-state index contributed by atoms with van der Waals surface area (Å²) in [5.74, 6) is 0.0558. The monoisotopic (exact) mass is 384 g/mol. The Morgan fingerprint density at radius 3 is 2.29 bits per heavy atom. The maximum atomic E-state index is 12.4. The van der Waals surface area contributed by atoms with Crippen LogP contribution >= 0.6 is 0 Å². The van der Waals surface area contributed by atoms with Gasteiger partial charge in [0.25, 0.3) is 5.91 Å². The number of hydrogen-bond donors (Lipinski definition) is 3. The minimum Gasteiger partial charge on any atom is -0.353 e. The minimum atomic E-state index is -0.0966. The van der Waals surface area contributed by atoms with Gasteiger partial charge in [0, 0.05) is 29.3 Å². The maximum Gasteiger partial charge on any atom is 0.251 e. The second-order valence-corrected chi connectivity index (χ2v) is 8.21. The first kappa shape index (κ1) is 18.9. The average Bonchev–Trinajstić information content (AvgIpc) is 3.59. The number of carbonyl (C=O) groups is 3. The number of nitrogens with one attached hydrogen (secondary N) is 3. The van der Waals surface area contributed by atoms with E-state index in [1.165, 1.54) is 0 Å². The molecule has 1 saturated heterocycles. The van der Waals surface area contributed by atoms with Crippen molar-refractivity contribution in [2.75, 3.05) is 25.0 Å². The van der Waals surface area contributed by atoms with Crippen LogP contribution < -0.4 is 16.0 Å². The van der Waals surface area contributed by atoms with Crippen molar-refractivity contribution in [3.63, 3.8) is 0 Å². The SMILES string of the molecule is O=C(CN1CCC(C(=O)NC2CC2)CC1)Nc1cccc(C(=O)NC2CC2)c1. The van der Waals surface area contributed by atoms with Gasteiger partial charge >= 0.3 is 0 Å². The molecule has 1 aromatic rings. The normalized spacial score (nSPS) is 20.4. The van der Waals surface area contributed by atoms with Crippen molar-refractivity contribution in [2.45, 2.75) is 50.6 Å². The van der Waals surface area contributed by atoms with Gasteiger partial charge in [0.2, 0.25) is 11.8 Å². The quantitative estimate of drug-likeness (QED) is 0.665. The Kier molecular flexibility index (Phi) is 5.62. The molecular weight excluding hydrogens is 356 g/mol. The van der Waals surface area contributed by atoms with Gasteiger partial charge < -0.3 is 16.0 Å². The highest BCUT2D eigenvalue weighted by atomic mass is 16.2. The molecule has 1 aliphatic heterocycles. The summed E-state index contributed by atoms with van der Waals surface area (Å²) >= 11 is 0. The van der Waals surface area contributed by atoms with E-state index in [0.29, 0.717) is 29.9 Å². The number of anilines is 1. The molecule has 3 fully saturated rings. The van der Waals surface area contributed by atoms with Gasteiger partial charge in [-0.3, -0.25) is 19.3 Å². The molecule has 2 saturated carbocycles. The predicted octanol–water partition coefficient (Wildman–Crippen LogP) is 1.51. The van der Waals surface area contributed by atoms with E-state index in [0.717, 1.165) is 51.6 Å². The molecule has 0 spiro atoms. The third-order valence-corrected chi connectivity index (χ3v) is 5.57. The van der Waals surface area contributed by atoms with Crippen molar-refractivity contribution in [1.29, 1.82) is 0 Å². The van der Waals surface area contributed by atoms with Crippen LogP contribution in [0.25, 0.3) is 0 Å². The summed E-state index contributed by atoms with van der Waals surface area (Å²) in [4.78, 5) is 38.7. The first-order valence-electron chi connectivity index (χ1n) is 10.3. The van der Waals surface area contributed by atoms with Crippen molar-refractivity contribution in [3.8, 4) is 0 Å². The molecule has 7 heteroatoms. The van der Waals surface area contributed by atoms with Crippen molar-refractivity contribution in [3.05, 3.63) is 29.8 Å². The molecule has 1 aromatic carbocycles. The molecule has 150 valence electrons. The van der Waals surface area contributed by atoms with Crippen LogP contribution in [0, 0.1) is 5.92 Å². The van der Waals surface area contributed by atoms with Gasteiger partial charge in [0.05, 0.1) is 6.54 Å². The lowest BCUT2D eigenvalue weighted by molar-refractivity contribution is -0.126. The van der Waals surface area contributed by atoms with Gasteiger partial charge in [0.15, 0.2) is 0 Å². The highest BCUT2D eigenvalue weighted by molar-refractivity contribution is 5.97. The molecule has 3 amide bonds. The summed E-state index contributed by atoms with van der Waals surface area (Å²) in [6.07, 6.45) is 5.88. The second kappa shape index (κ2) is 8.31. The van der Waals surface area contributed by atoms with Crippen LogP contribution in [0.2, 0.25) is 0 Å². The maximum absolute atomic E-state index is 12.4. The molecule has 0 aromatic heterocycles. The van der Waals surface area contributed by atoms with E-state index in [-0.39, 0.29) is 23.6 Å². The molecule has 0 unspecified atom stereocenters. The summed E-state index contributed by atoms with van der Waals surface area (Å²) < 4.78 is 0. The van der Waals surface area contributed by atoms with Gasteiger partial charge in [-0.1, -0.05) is 6.07 Å². The zero-order chi connectivity index (χ0) is 19.5. The van der Waals surface area contributed by atoms with Crippen LogP contribution in [-0.4, -0.2) is 54.3 Å². The van der Waals surface area contributed by atoms with E-state index in [9.17, 15) is 14.4 Å². The van der Waals surface area contributed by atoms with Crippen molar-refractivity contribution in [2.24, 2.45) is 5.92 Å². The fourth-order valence-corrected chi connectivity index (χ4v) is 3.54. The summed E-state index contributed by atoms with van der Waals surface area (Å²) in [7, 11) is 0. The smallest absolute Gasteiger partial charge is 0.251 e. The second-order valence-electron chi connectivity index (χ2n) is 8.21. The number of rotatable bonds is 7. The summed E-state index contributed by atoms with van der Waals surface area (Å²) in [6.45, 7) is 1.80. The number of benzene rings is 1. The first-order valence-corrected chi connectivity index (χ1v) is 10.3. The lowest BCUT2D eigenvalue weighted by atomic mass is 9.96. The Bertz CT molecular complexity index is 750. The molecular formula is C21H28N4O3. The molecule has 7 nitrogen and oxygen atoms in total. The molecule has 3 N–H and O–H groups in total. The molecule has 28 heavy (non-hydrogen) atoms. The Balaban J connectivity index is 1.22. The standard InChI is InChI=1S/C21H28N4O3/c26-19(13-25-10-8-14(9-11-25)20(27)23-16-4-5-16)22-18-3-1-2-15(12-18)21(28)24-17-6-7-17/h1-3,12,14,16-17H,4-11,13H2,(H,22,26)(H,23,27)(H,24,28). The van der Waals surface area contributed by atoms with Gasteiger partial charge in [-0.05, 0) is 69.8 Å². The van der Waals surface area contributed by atoms with E-state index in [4.69, 9.17) is 0 Å². The lowest BCUT2D eigenvalue weighted by Crippen LogP contribution is -2.43. The van der Waals surface area contributed by atoms with Crippen molar-refractivity contribution in [1.82, 2.24) is 15.5 Å². The number of carbonyl (C=O) groups excluding carboxylic acids is 3. The topological polar surface area (TPSA) is 90.5 Å². The van der Waals surface area contributed by atoms with Crippen LogP contribution in [0.1, 0.15) is 48.9 Å². The fourth-order valence-electron chi connectivity index (χ4n) is 3.54. The zero-order valence-corrected chi connectivity index (χ0v) is 16.1. The predicted molar refractivity (Wildman–Crippen MR) is 106 cm³/mol. The van der Waals surface area contributed by atoms with Crippen LogP contribution in [0.3, 0.4) is 0 Å². The number of piperidine rings is 1. The Hall–Kier alpha value is -2.41. The number of hydrogen-bond acceptors (Lipinski definition) is 4. The minimum absolute atomic E-state index is 0.0709. The van der Waals surface area contributed by atoms with Gasteiger partial charge in [0.1, 0.15) is 0 Å². The van der Waals surface area contributed by atoms with Crippen molar-refractivity contribution >= 4 is 23.4 Å². The van der Waals surface area contributed by atoms with E-state index < -0.39 is 0 Å². The Morgan fingerprint density at radius 2 is 1.61 bits per heavy atom. The van der Waals surface area contributed by atoms with Crippen LogP contribution in [0.4, 0.5) is 5.69 Å². The summed E-state index contributed by atoms with van der Waals surface area (Å²) in [5, 5.41) is 8.91. The number of amides is 3. The third-order valence-electron chi connectivity index (χ3n) is 5.57. The summed E-state index contributed by atoms with van der Waals surface area (Å²) in [6, 6.07) is 7.75. The summed E-state index contributed by atoms with van der Waals surface area (Å²) in [5.41, 5.74) is 1.19. The van der Waals surface area contributed by atoms with Gasteiger partial charge in [-0.15, -0.1) is 0 Å². The van der Waals surface area contributed by atoms with Crippen molar-refractivity contribution < 1.29 is 14.4 Å². The number of nitrogens with zero attached hydrogens (tertiary/aromatic N) is 1. The van der Waals surface area contributed by atoms with Gasteiger partial charge in [-0.25, -0.2) is 0 Å². The molecule has 0 radical (unpaired) electrons. The Morgan fingerprint density at radius 1 is 0.929 bits per heavy atom. The molecule has 2 aliphatic carbocycles. The third kappa shape index (κ3) is 5.32. The first-order chi connectivity index (χ1) is 13.6. The van der Waals surface area contributed by atoms with Crippen LogP contribution in [-0.2, 0) is 9.59 Å². The molecule has 0 bridgehead atoms. The van der Waals surface area contributed by atoms with E-state index in [1.54, 1.807) is 24.3 Å². The highest BCUT2D eigenvalue weighted by Crippen LogP contribution is 2.23. The Labute approximate surface area is 165 Å². The van der Waals surface area contributed by atoms with E-state index in [2.05, 4.69) is 20.9 Å². The molecule has 4 rings (SSSR count). The molecule has 1 heterocycles. The van der Waals surface area contributed by atoms with Crippen LogP contribution in [0.5, 0.6) is 0 Å². The van der Waals surface area contributed by atoms with E-state index in [1.807, 2.05) is 0 Å². The fraction of sp³-hybridized carbons (Fsp3) is 0.571. The van der Waals surface area contributed by atoms with Crippen LogP contribution in [0.15, 0.2) is 24.3 Å². The van der Waals surface area contributed by atoms with Gasteiger partial charge in [-0.2, -0.15) is 0 Å². The molecule has 0 atom stereocenters. The zero-order valence-electron chi connectivity index (χ0n) is 16.1. The average molecular weight is 384 g/mol. The lowest BCUT2D eigenvalue weighted by Gasteiger charge is -2.30. The van der Waals surface area contributed by atoms with E-state index >= 15 is 0 Å². The number of likely N-dealkylation sites (tertiary alicyclic amines) is 1. The largest absolute Gasteiger partial charge is 0.353 e. The highest BCUT2D eigenvalue weighted by Gasteiger charge is 2.30. The molecule has 3 aliphatic rings.